The minimum absolute atomic E-state index is 0.0514. The van der Waals surface area contributed by atoms with Gasteiger partial charge >= 0.3 is 0 Å². The van der Waals surface area contributed by atoms with Crippen molar-refractivity contribution in [2.75, 3.05) is 18.4 Å². The molecule has 1 unspecified atom stereocenters. The molecule has 0 bridgehead atoms. The van der Waals surface area contributed by atoms with Crippen molar-refractivity contribution >= 4 is 34.8 Å². The second-order valence-corrected chi connectivity index (χ2v) is 8.91. The molecule has 33 heavy (non-hydrogen) atoms. The van der Waals surface area contributed by atoms with Gasteiger partial charge in [0.05, 0.1) is 22.9 Å². The first-order valence-electron chi connectivity index (χ1n) is 10.7. The van der Waals surface area contributed by atoms with E-state index in [1.165, 1.54) is 18.2 Å². The number of benzene rings is 1. The summed E-state index contributed by atoms with van der Waals surface area (Å²) < 4.78 is 21.7. The van der Waals surface area contributed by atoms with Crippen LogP contribution in [0.15, 0.2) is 47.6 Å². The van der Waals surface area contributed by atoms with Crippen LogP contribution < -0.4 is 16.4 Å². The van der Waals surface area contributed by atoms with E-state index in [1.807, 2.05) is 18.5 Å². The molecule has 0 spiro atoms. The fraction of sp³-hybridized carbons (Fsp3) is 0.391. The highest BCUT2D eigenvalue weighted by molar-refractivity contribution is 6.36. The number of rotatable bonds is 7. The van der Waals surface area contributed by atoms with E-state index in [2.05, 4.69) is 15.7 Å². The first kappa shape index (κ1) is 25.1. The Morgan fingerprint density at radius 3 is 2.73 bits per heavy atom. The van der Waals surface area contributed by atoms with E-state index in [0.29, 0.717) is 23.1 Å². The maximum Gasteiger partial charge on any atom is 0.271 e. The summed E-state index contributed by atoms with van der Waals surface area (Å²) in [4.78, 5) is 12.6. The van der Waals surface area contributed by atoms with Crippen LogP contribution in [0, 0.1) is 5.82 Å². The van der Waals surface area contributed by atoms with Gasteiger partial charge in [0.2, 0.25) is 0 Å². The van der Waals surface area contributed by atoms with Crippen LogP contribution in [0.25, 0.3) is 0 Å². The third-order valence-corrected chi connectivity index (χ3v) is 6.09. The lowest BCUT2D eigenvalue weighted by molar-refractivity contribution is -0.112. The Kier molecular flexibility index (Phi) is 8.40. The standard InChI is InChI=1S/C23H28Cl2FN5O2/c1-13(2)20(33-14(3)21-17(24)4-5-18(26)22(21)25)10-19(27)23(32)30-15-11-29-31(12-15)16-6-8-28-9-7-16/h4-5,10-12,14,16,28H,6-9,27H2,1-3H3,(H,30,32)/b19-10-. The number of nitrogens with one attached hydrogen (secondary N) is 2. The smallest absolute Gasteiger partial charge is 0.271 e. The monoisotopic (exact) mass is 495 g/mol. The second-order valence-electron chi connectivity index (χ2n) is 8.13. The normalized spacial score (nSPS) is 15.8. The van der Waals surface area contributed by atoms with E-state index in [1.54, 1.807) is 19.3 Å². The Bertz CT molecular complexity index is 1070. The third kappa shape index (κ3) is 6.28. The van der Waals surface area contributed by atoms with Crippen molar-refractivity contribution in [1.82, 2.24) is 15.1 Å². The average molecular weight is 496 g/mol. The number of allylic oxidation sites excluding steroid dienone is 2. The van der Waals surface area contributed by atoms with E-state index in [4.69, 9.17) is 33.7 Å². The summed E-state index contributed by atoms with van der Waals surface area (Å²) in [7, 11) is 0. The van der Waals surface area contributed by atoms with E-state index in [9.17, 15) is 9.18 Å². The summed E-state index contributed by atoms with van der Waals surface area (Å²) in [6.45, 7) is 7.19. The number of amides is 1. The number of nitrogens with zero attached hydrogens (tertiary/aromatic N) is 2. The molecule has 1 aliphatic heterocycles. The van der Waals surface area contributed by atoms with Crippen LogP contribution in [0.1, 0.15) is 51.3 Å². The van der Waals surface area contributed by atoms with Crippen molar-refractivity contribution in [2.24, 2.45) is 5.73 Å². The predicted molar refractivity (Wildman–Crippen MR) is 129 cm³/mol. The molecule has 1 aromatic heterocycles. The van der Waals surface area contributed by atoms with Crippen LogP contribution in [0.4, 0.5) is 10.1 Å². The summed E-state index contributed by atoms with van der Waals surface area (Å²) >= 11 is 12.3. The largest absolute Gasteiger partial charge is 0.486 e. The molecule has 1 atom stereocenters. The molecular formula is C23H28Cl2FN5O2. The van der Waals surface area contributed by atoms with Gasteiger partial charge in [0, 0.05) is 22.9 Å². The lowest BCUT2D eigenvalue weighted by Crippen LogP contribution is -2.29. The topological polar surface area (TPSA) is 94.2 Å². The number of ether oxygens (including phenoxy) is 1. The molecule has 178 valence electrons. The SMILES string of the molecule is CC(C)=C(/C=C(\N)C(=O)Nc1cnn(C2CCNCC2)c1)OC(C)c1c(Cl)ccc(F)c1Cl. The van der Waals surface area contributed by atoms with Crippen LogP contribution in [0.2, 0.25) is 10.0 Å². The Balaban J connectivity index is 1.70. The van der Waals surface area contributed by atoms with Crippen molar-refractivity contribution in [3.8, 4) is 0 Å². The Morgan fingerprint density at radius 1 is 1.36 bits per heavy atom. The van der Waals surface area contributed by atoms with Crippen LogP contribution in [0.3, 0.4) is 0 Å². The van der Waals surface area contributed by atoms with Crippen molar-refractivity contribution in [3.05, 3.63) is 69.1 Å². The van der Waals surface area contributed by atoms with Crippen molar-refractivity contribution in [1.29, 1.82) is 0 Å². The number of piperidine rings is 1. The summed E-state index contributed by atoms with van der Waals surface area (Å²) in [5, 5.41) is 10.6. The zero-order chi connectivity index (χ0) is 24.1. The van der Waals surface area contributed by atoms with Crippen molar-refractivity contribution in [3.63, 3.8) is 0 Å². The molecule has 1 aromatic carbocycles. The fourth-order valence-electron chi connectivity index (χ4n) is 3.54. The van der Waals surface area contributed by atoms with Gasteiger partial charge in [-0.2, -0.15) is 5.10 Å². The molecule has 1 amide bonds. The fourth-order valence-corrected chi connectivity index (χ4v) is 4.22. The summed E-state index contributed by atoms with van der Waals surface area (Å²) in [6.07, 6.45) is 6.11. The van der Waals surface area contributed by atoms with E-state index < -0.39 is 17.8 Å². The molecule has 2 aromatic rings. The minimum atomic E-state index is -0.680. The van der Waals surface area contributed by atoms with Gasteiger partial charge in [-0.1, -0.05) is 23.2 Å². The van der Waals surface area contributed by atoms with Gasteiger partial charge in [0.15, 0.2) is 0 Å². The zero-order valence-corrected chi connectivity index (χ0v) is 20.3. The van der Waals surface area contributed by atoms with Crippen molar-refractivity contribution < 1.29 is 13.9 Å². The lowest BCUT2D eigenvalue weighted by atomic mass is 10.1. The highest BCUT2D eigenvalue weighted by atomic mass is 35.5. The molecule has 0 radical (unpaired) electrons. The van der Waals surface area contributed by atoms with Gasteiger partial charge in [-0.3, -0.25) is 9.48 Å². The van der Waals surface area contributed by atoms with Gasteiger partial charge in [-0.15, -0.1) is 0 Å². The molecular weight excluding hydrogens is 468 g/mol. The maximum absolute atomic E-state index is 13.9. The number of aromatic nitrogens is 2. The number of hydrogen-bond donors (Lipinski definition) is 3. The van der Waals surface area contributed by atoms with Gasteiger partial charge < -0.3 is 21.1 Å². The maximum atomic E-state index is 13.9. The molecule has 0 aliphatic carbocycles. The van der Waals surface area contributed by atoms with Gasteiger partial charge in [-0.05, 0) is 64.4 Å². The minimum Gasteiger partial charge on any atom is -0.486 e. The second kappa shape index (κ2) is 11.0. The van der Waals surface area contributed by atoms with Gasteiger partial charge in [0.1, 0.15) is 23.4 Å². The quantitative estimate of drug-likeness (QED) is 0.215. The molecule has 4 N–H and O–H groups in total. The van der Waals surface area contributed by atoms with E-state index in [0.717, 1.165) is 31.5 Å². The van der Waals surface area contributed by atoms with Crippen LogP contribution in [-0.2, 0) is 9.53 Å². The summed E-state index contributed by atoms with van der Waals surface area (Å²) in [6, 6.07) is 2.92. The van der Waals surface area contributed by atoms with E-state index in [-0.39, 0.29) is 15.7 Å². The Morgan fingerprint density at radius 2 is 2.06 bits per heavy atom. The number of anilines is 1. The van der Waals surface area contributed by atoms with Crippen LogP contribution in [0.5, 0.6) is 0 Å². The van der Waals surface area contributed by atoms with Gasteiger partial charge in [-0.25, -0.2) is 4.39 Å². The van der Waals surface area contributed by atoms with Crippen LogP contribution >= 0.6 is 23.2 Å². The Hall–Kier alpha value is -2.55. The van der Waals surface area contributed by atoms with E-state index >= 15 is 0 Å². The zero-order valence-electron chi connectivity index (χ0n) is 18.8. The number of carbonyl (C=O) groups excluding carboxylic acids is 1. The first-order valence-corrected chi connectivity index (χ1v) is 11.4. The number of nitrogens with two attached hydrogens (primary N) is 1. The van der Waals surface area contributed by atoms with Crippen molar-refractivity contribution in [2.45, 2.75) is 45.8 Å². The molecule has 1 saturated heterocycles. The summed E-state index contributed by atoms with van der Waals surface area (Å²) in [5.41, 5.74) is 7.63. The average Bonchev–Trinajstić information content (AvgIpc) is 3.25. The highest BCUT2D eigenvalue weighted by Gasteiger charge is 2.20. The molecule has 10 heteroatoms. The highest BCUT2D eigenvalue weighted by Crippen LogP contribution is 2.35. The summed E-state index contributed by atoms with van der Waals surface area (Å²) in [5.74, 6) is -0.724. The molecule has 7 nitrogen and oxygen atoms in total. The lowest BCUT2D eigenvalue weighted by Gasteiger charge is -2.22. The number of halogens is 3. The number of hydrogen-bond acceptors (Lipinski definition) is 5. The predicted octanol–water partition coefficient (Wildman–Crippen LogP) is 5.11. The molecule has 1 fully saturated rings. The van der Waals surface area contributed by atoms with Crippen LogP contribution in [-0.4, -0.2) is 28.8 Å². The molecule has 1 aliphatic rings. The molecule has 3 rings (SSSR count). The third-order valence-electron chi connectivity index (χ3n) is 5.37. The first-order chi connectivity index (χ1) is 15.7. The molecule has 2 heterocycles. The van der Waals surface area contributed by atoms with Gasteiger partial charge in [0.25, 0.3) is 5.91 Å². The molecule has 0 saturated carbocycles. The number of carbonyl (C=O) groups is 1. The Labute approximate surface area is 202 Å².